The van der Waals surface area contributed by atoms with E-state index in [1.807, 2.05) is 4.98 Å². The molecular formula is C21H14BrF4N3O3. The Bertz CT molecular complexity index is 1420. The highest BCUT2D eigenvalue weighted by Crippen LogP contribution is 2.45. The van der Waals surface area contributed by atoms with E-state index in [1.165, 1.54) is 25.1 Å². The van der Waals surface area contributed by atoms with Gasteiger partial charge >= 0.3 is 12.1 Å². The zero-order chi connectivity index (χ0) is 23.5. The molecule has 4 rings (SSSR count). The molecule has 0 aliphatic carbocycles. The van der Waals surface area contributed by atoms with E-state index in [0.717, 1.165) is 6.07 Å². The van der Waals surface area contributed by atoms with E-state index in [9.17, 15) is 32.3 Å². The van der Waals surface area contributed by atoms with E-state index in [-0.39, 0.29) is 27.4 Å². The number of rotatable bonds is 4. The van der Waals surface area contributed by atoms with Crippen molar-refractivity contribution in [2.45, 2.75) is 19.0 Å². The number of primary amides is 1. The van der Waals surface area contributed by atoms with Gasteiger partial charge in [0.05, 0.1) is 11.4 Å². The highest BCUT2D eigenvalue weighted by molar-refractivity contribution is 9.10. The highest BCUT2D eigenvalue weighted by Gasteiger charge is 2.43. The maximum Gasteiger partial charge on any atom is 0.431 e. The number of aromatic carboxylic acids is 1. The van der Waals surface area contributed by atoms with Crippen LogP contribution < -0.4 is 5.73 Å². The van der Waals surface area contributed by atoms with Gasteiger partial charge in [-0.15, -0.1) is 0 Å². The van der Waals surface area contributed by atoms with Gasteiger partial charge < -0.3 is 20.8 Å². The van der Waals surface area contributed by atoms with Crippen molar-refractivity contribution >= 4 is 49.6 Å². The Labute approximate surface area is 185 Å². The van der Waals surface area contributed by atoms with Crippen molar-refractivity contribution < 1.29 is 32.3 Å². The number of aromatic nitrogens is 2. The minimum atomic E-state index is -5.00. The fraction of sp³-hybridized carbons (Fsp3) is 0.143. The lowest BCUT2D eigenvalue weighted by Gasteiger charge is -2.18. The van der Waals surface area contributed by atoms with Crippen molar-refractivity contribution in [2.24, 2.45) is 5.73 Å². The van der Waals surface area contributed by atoms with Gasteiger partial charge in [-0.1, -0.05) is 22.0 Å². The molecule has 32 heavy (non-hydrogen) atoms. The molecule has 1 unspecified atom stereocenters. The van der Waals surface area contributed by atoms with Crippen LogP contribution in [0.4, 0.5) is 17.6 Å². The van der Waals surface area contributed by atoms with E-state index in [1.54, 1.807) is 6.07 Å². The molecule has 5 N–H and O–H groups in total. The highest BCUT2D eigenvalue weighted by atomic mass is 79.9. The van der Waals surface area contributed by atoms with Crippen molar-refractivity contribution in [3.8, 4) is 0 Å². The number of fused-ring (bicyclic) bond motifs is 2. The zero-order valence-electron chi connectivity index (χ0n) is 16.2. The van der Waals surface area contributed by atoms with Gasteiger partial charge in [-0.25, -0.2) is 9.18 Å². The number of nitrogens with one attached hydrogen (secondary N) is 2. The molecule has 0 spiro atoms. The summed E-state index contributed by atoms with van der Waals surface area (Å²) in [6, 6.07) is 6.86. The maximum absolute atomic E-state index is 14.4. The Morgan fingerprint density at radius 2 is 1.81 bits per heavy atom. The van der Waals surface area contributed by atoms with E-state index in [2.05, 4.69) is 20.9 Å². The molecule has 0 aliphatic heterocycles. The molecule has 0 radical (unpaired) electrons. The summed E-state index contributed by atoms with van der Waals surface area (Å²) in [5, 5.41) is 9.73. The number of H-pyrrole nitrogens is 2. The number of carbonyl (C=O) groups excluding carboxylic acids is 1. The summed E-state index contributed by atoms with van der Waals surface area (Å²) >= 11 is 3.24. The number of carbonyl (C=O) groups is 2. The van der Waals surface area contributed by atoms with Crippen LogP contribution in [0.1, 0.15) is 38.8 Å². The number of hydrogen-bond donors (Lipinski definition) is 4. The first-order chi connectivity index (χ1) is 14.9. The van der Waals surface area contributed by atoms with E-state index in [4.69, 9.17) is 5.73 Å². The number of aromatic amines is 2. The van der Waals surface area contributed by atoms with Crippen LogP contribution in [0.5, 0.6) is 0 Å². The molecule has 166 valence electrons. The molecule has 4 aromatic rings. The van der Waals surface area contributed by atoms with Gasteiger partial charge in [-0.05, 0) is 36.8 Å². The Morgan fingerprint density at radius 1 is 1.12 bits per heavy atom. The van der Waals surface area contributed by atoms with E-state index < -0.39 is 52.3 Å². The average Bonchev–Trinajstić information content (AvgIpc) is 3.26. The number of benzene rings is 2. The van der Waals surface area contributed by atoms with Gasteiger partial charge in [0.25, 0.3) is 0 Å². The number of alkyl halides is 3. The number of carboxylic acids is 1. The molecule has 0 fully saturated rings. The van der Waals surface area contributed by atoms with Crippen molar-refractivity contribution in [1.29, 1.82) is 0 Å². The molecule has 0 saturated heterocycles. The van der Waals surface area contributed by atoms with Crippen molar-refractivity contribution in [3.05, 3.63) is 68.7 Å². The molecular weight excluding hydrogens is 498 g/mol. The average molecular weight is 512 g/mol. The lowest BCUT2D eigenvalue weighted by atomic mass is 9.85. The normalized spacial score (nSPS) is 13.1. The van der Waals surface area contributed by atoms with Gasteiger partial charge in [0, 0.05) is 31.9 Å². The quantitative estimate of drug-likeness (QED) is 0.282. The molecule has 0 saturated carbocycles. The van der Waals surface area contributed by atoms with Crippen LogP contribution in [-0.4, -0.2) is 27.0 Å². The first kappa shape index (κ1) is 21.9. The van der Waals surface area contributed by atoms with Crippen LogP contribution in [0.25, 0.3) is 21.8 Å². The van der Waals surface area contributed by atoms with E-state index >= 15 is 0 Å². The Kier molecular flexibility index (Phi) is 5.04. The van der Waals surface area contributed by atoms with Crippen LogP contribution in [0, 0.1) is 12.7 Å². The predicted molar refractivity (Wildman–Crippen MR) is 112 cm³/mol. The number of aryl methyl sites for hydroxylation is 1. The minimum Gasteiger partial charge on any atom is -0.477 e. The van der Waals surface area contributed by atoms with Crippen molar-refractivity contribution in [3.63, 3.8) is 0 Å². The molecule has 0 bridgehead atoms. The smallest absolute Gasteiger partial charge is 0.431 e. The third-order valence-electron chi connectivity index (χ3n) is 5.31. The first-order valence-corrected chi connectivity index (χ1v) is 9.92. The van der Waals surface area contributed by atoms with Crippen LogP contribution in [0.15, 0.2) is 34.8 Å². The summed E-state index contributed by atoms with van der Waals surface area (Å²) in [4.78, 5) is 29.3. The molecule has 1 amide bonds. The Morgan fingerprint density at radius 3 is 2.41 bits per heavy atom. The molecule has 0 aliphatic rings. The minimum absolute atomic E-state index is 0.179. The third kappa shape index (κ3) is 3.32. The first-order valence-electron chi connectivity index (χ1n) is 9.13. The second-order valence-corrected chi connectivity index (χ2v) is 8.19. The van der Waals surface area contributed by atoms with Gasteiger partial charge in [-0.2, -0.15) is 13.2 Å². The lowest BCUT2D eigenvalue weighted by Crippen LogP contribution is -2.26. The van der Waals surface area contributed by atoms with Gasteiger partial charge in [0.2, 0.25) is 5.91 Å². The third-order valence-corrected chi connectivity index (χ3v) is 5.80. The number of amides is 1. The summed E-state index contributed by atoms with van der Waals surface area (Å²) < 4.78 is 57.0. The van der Waals surface area contributed by atoms with Crippen LogP contribution in [0.2, 0.25) is 0 Å². The van der Waals surface area contributed by atoms with Crippen LogP contribution in [-0.2, 0) is 11.0 Å². The summed E-state index contributed by atoms with van der Waals surface area (Å²) in [5.41, 5.74) is 2.94. The summed E-state index contributed by atoms with van der Waals surface area (Å²) in [5.74, 6) is -5.50. The Balaban J connectivity index is 2.21. The van der Waals surface area contributed by atoms with Crippen molar-refractivity contribution in [2.75, 3.05) is 0 Å². The molecule has 1 atom stereocenters. The van der Waals surface area contributed by atoms with Gasteiger partial charge in [0.15, 0.2) is 0 Å². The van der Waals surface area contributed by atoms with E-state index in [0.29, 0.717) is 4.47 Å². The number of halogens is 5. The Hall–Kier alpha value is -3.34. The standard InChI is InChI=1S/C21H14BrF4N3O3/c1-7-2-4-10(23)16-12(7)14(18(29-16)21(24,25)26)15(19(27)30)13-9-6-8(22)3-5-11(9)28-17(13)20(31)32/h2-6,15,28-29H,1H3,(H2,27,30)(H,31,32). The number of hydrogen-bond acceptors (Lipinski definition) is 2. The second-order valence-electron chi connectivity index (χ2n) is 7.27. The van der Waals surface area contributed by atoms with Gasteiger partial charge in [-0.3, -0.25) is 4.79 Å². The lowest BCUT2D eigenvalue weighted by molar-refractivity contribution is -0.141. The maximum atomic E-state index is 14.4. The number of carboxylic acid groups (broad SMARTS) is 1. The second kappa shape index (κ2) is 7.37. The fourth-order valence-electron chi connectivity index (χ4n) is 4.06. The SMILES string of the molecule is Cc1ccc(F)c2[nH]c(C(F)(F)F)c(C(C(N)=O)c3c(C(=O)O)[nH]c4ccc(Br)cc34)c12. The van der Waals surface area contributed by atoms with Crippen LogP contribution >= 0.6 is 15.9 Å². The predicted octanol–water partition coefficient (Wildman–Crippen LogP) is 5.19. The fourth-order valence-corrected chi connectivity index (χ4v) is 4.42. The molecule has 6 nitrogen and oxygen atoms in total. The largest absolute Gasteiger partial charge is 0.477 e. The summed E-state index contributed by atoms with van der Waals surface area (Å²) in [6.45, 7) is 1.46. The monoisotopic (exact) mass is 511 g/mol. The molecule has 2 heterocycles. The summed E-state index contributed by atoms with van der Waals surface area (Å²) in [7, 11) is 0. The summed E-state index contributed by atoms with van der Waals surface area (Å²) in [6.07, 6.45) is -5.00. The molecule has 2 aromatic heterocycles. The van der Waals surface area contributed by atoms with Crippen LogP contribution in [0.3, 0.4) is 0 Å². The molecule has 11 heteroatoms. The zero-order valence-corrected chi connectivity index (χ0v) is 17.8. The number of nitrogens with two attached hydrogens (primary N) is 1. The topological polar surface area (TPSA) is 112 Å². The van der Waals surface area contributed by atoms with Crippen molar-refractivity contribution in [1.82, 2.24) is 9.97 Å². The molecule has 2 aromatic carbocycles. The van der Waals surface area contributed by atoms with Gasteiger partial charge in [0.1, 0.15) is 17.2 Å².